The van der Waals surface area contributed by atoms with Crippen LogP contribution in [-0.4, -0.2) is 9.38 Å². The molecule has 2 heterocycles. The highest BCUT2D eigenvalue weighted by Gasteiger charge is 2.11. The molecule has 0 N–H and O–H groups in total. The van der Waals surface area contributed by atoms with Gasteiger partial charge in [0, 0.05) is 21.4 Å². The van der Waals surface area contributed by atoms with Crippen molar-refractivity contribution in [3.63, 3.8) is 0 Å². The number of hydrogen-bond acceptors (Lipinski definition) is 1. The zero-order chi connectivity index (χ0) is 13.6. The molecule has 2 nitrogen and oxygen atoms in total. The Hall–Kier alpha value is -1.61. The molecule has 0 bridgehead atoms. The smallest absolute Gasteiger partial charge is 0.138 e. The Morgan fingerprint density at radius 1 is 1.00 bits per heavy atom. The molecular weight excluding hydrogens is 300 g/mol. The molecule has 19 heavy (non-hydrogen) atoms. The predicted molar refractivity (Wildman–Crippen MR) is 82.5 cm³/mol. The number of fused-ring (bicyclic) bond motifs is 1. The fourth-order valence-corrected chi connectivity index (χ4v) is 2.85. The van der Waals surface area contributed by atoms with Crippen LogP contribution in [0.2, 0.25) is 0 Å². The Labute approximate surface area is 121 Å². The Balaban J connectivity index is 2.28. The summed E-state index contributed by atoms with van der Waals surface area (Å²) in [5.41, 5.74) is 6.89. The van der Waals surface area contributed by atoms with Crippen molar-refractivity contribution < 1.29 is 0 Å². The van der Waals surface area contributed by atoms with Gasteiger partial charge in [-0.2, -0.15) is 0 Å². The zero-order valence-electron chi connectivity index (χ0n) is 11.2. The van der Waals surface area contributed by atoms with Crippen LogP contribution in [0.25, 0.3) is 16.9 Å². The molecule has 0 aliphatic carbocycles. The van der Waals surface area contributed by atoms with Gasteiger partial charge in [0.25, 0.3) is 0 Å². The van der Waals surface area contributed by atoms with E-state index in [4.69, 9.17) is 4.98 Å². The molecule has 0 saturated carbocycles. The number of benzene rings is 1. The molecular formula is C16H15BrN2. The lowest BCUT2D eigenvalue weighted by Gasteiger charge is -2.04. The van der Waals surface area contributed by atoms with Gasteiger partial charge < -0.3 is 4.40 Å². The van der Waals surface area contributed by atoms with E-state index in [2.05, 4.69) is 77.5 Å². The summed E-state index contributed by atoms with van der Waals surface area (Å²) in [4.78, 5) is 4.78. The lowest BCUT2D eigenvalue weighted by atomic mass is 10.1. The molecule has 0 atom stereocenters. The Morgan fingerprint density at radius 3 is 2.37 bits per heavy atom. The van der Waals surface area contributed by atoms with Crippen LogP contribution in [0.3, 0.4) is 0 Å². The van der Waals surface area contributed by atoms with Gasteiger partial charge in [-0.1, -0.05) is 28.1 Å². The lowest BCUT2D eigenvalue weighted by molar-refractivity contribution is 1.03. The molecule has 0 radical (unpaired) electrons. The summed E-state index contributed by atoms with van der Waals surface area (Å²) >= 11 is 3.47. The van der Waals surface area contributed by atoms with Crippen LogP contribution in [0.4, 0.5) is 0 Å². The van der Waals surface area contributed by atoms with Crippen molar-refractivity contribution in [3.8, 4) is 11.3 Å². The van der Waals surface area contributed by atoms with Crippen molar-refractivity contribution >= 4 is 21.6 Å². The first-order chi connectivity index (χ1) is 9.06. The number of imidazole rings is 1. The van der Waals surface area contributed by atoms with Crippen molar-refractivity contribution in [2.45, 2.75) is 20.8 Å². The molecule has 2 aromatic heterocycles. The van der Waals surface area contributed by atoms with Gasteiger partial charge >= 0.3 is 0 Å². The van der Waals surface area contributed by atoms with Crippen LogP contribution < -0.4 is 0 Å². The van der Waals surface area contributed by atoms with E-state index < -0.39 is 0 Å². The average Bonchev–Trinajstić information content (AvgIpc) is 2.67. The minimum Gasteiger partial charge on any atom is -0.301 e. The number of pyridine rings is 1. The van der Waals surface area contributed by atoms with Crippen molar-refractivity contribution in [3.05, 3.63) is 57.8 Å². The molecule has 0 unspecified atom stereocenters. The highest BCUT2D eigenvalue weighted by atomic mass is 79.9. The summed E-state index contributed by atoms with van der Waals surface area (Å²) in [5.74, 6) is 0. The van der Waals surface area contributed by atoms with Crippen LogP contribution in [0, 0.1) is 20.8 Å². The quantitative estimate of drug-likeness (QED) is 0.637. The second-order valence-electron chi connectivity index (χ2n) is 4.92. The van der Waals surface area contributed by atoms with Crippen LogP contribution in [0.1, 0.15) is 17.0 Å². The summed E-state index contributed by atoms with van der Waals surface area (Å²) in [6.07, 6.45) is 0. The number of rotatable bonds is 1. The second kappa shape index (κ2) is 4.49. The molecule has 0 fully saturated rings. The van der Waals surface area contributed by atoms with Gasteiger partial charge in [0.05, 0.1) is 5.69 Å². The number of halogens is 1. The molecule has 3 heteroatoms. The van der Waals surface area contributed by atoms with E-state index in [0.29, 0.717) is 0 Å². The molecule has 0 amide bonds. The summed E-state index contributed by atoms with van der Waals surface area (Å²) in [6, 6.07) is 12.6. The second-order valence-corrected chi connectivity index (χ2v) is 5.84. The molecule has 3 rings (SSSR count). The molecule has 0 aliphatic rings. The average molecular weight is 315 g/mol. The number of hydrogen-bond donors (Lipinski definition) is 0. The first-order valence-electron chi connectivity index (χ1n) is 6.28. The number of nitrogens with zero attached hydrogens (tertiary/aromatic N) is 2. The maximum atomic E-state index is 4.78. The van der Waals surface area contributed by atoms with E-state index in [1.54, 1.807) is 0 Å². The molecule has 0 saturated heterocycles. The molecule has 0 spiro atoms. The van der Waals surface area contributed by atoms with Crippen molar-refractivity contribution in [1.29, 1.82) is 0 Å². The Morgan fingerprint density at radius 2 is 1.68 bits per heavy atom. The summed E-state index contributed by atoms with van der Waals surface area (Å²) in [5, 5.41) is 0. The first-order valence-corrected chi connectivity index (χ1v) is 7.08. The number of aromatic nitrogens is 2. The predicted octanol–water partition coefficient (Wildman–Crippen LogP) is 4.69. The Bertz CT molecular complexity index is 755. The van der Waals surface area contributed by atoms with Gasteiger partial charge in [-0.05, 0) is 50.6 Å². The van der Waals surface area contributed by atoms with E-state index in [9.17, 15) is 0 Å². The zero-order valence-corrected chi connectivity index (χ0v) is 12.8. The maximum Gasteiger partial charge on any atom is 0.138 e. The fraction of sp³-hybridized carbons (Fsp3) is 0.188. The standard InChI is InChI=1S/C16H15BrN2/c1-10-8-11(2)19-12(3)16(18-15(19)9-10)13-4-6-14(17)7-5-13/h4-9H,1-3H3. The van der Waals surface area contributed by atoms with E-state index in [0.717, 1.165) is 21.4 Å². The topological polar surface area (TPSA) is 17.3 Å². The van der Waals surface area contributed by atoms with Gasteiger partial charge in [0.1, 0.15) is 5.65 Å². The Kier molecular flexibility index (Phi) is 2.94. The van der Waals surface area contributed by atoms with Crippen LogP contribution in [-0.2, 0) is 0 Å². The van der Waals surface area contributed by atoms with Gasteiger partial charge in [0.15, 0.2) is 0 Å². The van der Waals surface area contributed by atoms with Crippen molar-refractivity contribution in [2.75, 3.05) is 0 Å². The van der Waals surface area contributed by atoms with Crippen LogP contribution in [0.15, 0.2) is 40.9 Å². The van der Waals surface area contributed by atoms with Gasteiger partial charge in [-0.15, -0.1) is 0 Å². The highest BCUT2D eigenvalue weighted by Crippen LogP contribution is 2.26. The normalized spacial score (nSPS) is 11.2. The van der Waals surface area contributed by atoms with E-state index in [1.165, 1.54) is 17.0 Å². The van der Waals surface area contributed by atoms with E-state index in [1.807, 2.05) is 0 Å². The van der Waals surface area contributed by atoms with Crippen LogP contribution >= 0.6 is 15.9 Å². The minimum absolute atomic E-state index is 1.02. The first kappa shape index (κ1) is 12.4. The number of aryl methyl sites for hydroxylation is 3. The highest BCUT2D eigenvalue weighted by molar-refractivity contribution is 9.10. The molecule has 1 aromatic carbocycles. The minimum atomic E-state index is 1.02. The summed E-state index contributed by atoms with van der Waals surface area (Å²) < 4.78 is 3.30. The molecule has 3 aromatic rings. The molecule has 0 aliphatic heterocycles. The third-order valence-electron chi connectivity index (χ3n) is 3.40. The van der Waals surface area contributed by atoms with Gasteiger partial charge in [-0.25, -0.2) is 4.98 Å². The van der Waals surface area contributed by atoms with Gasteiger partial charge in [0.2, 0.25) is 0 Å². The van der Waals surface area contributed by atoms with Crippen LogP contribution in [0.5, 0.6) is 0 Å². The third-order valence-corrected chi connectivity index (χ3v) is 3.93. The monoisotopic (exact) mass is 314 g/mol. The van der Waals surface area contributed by atoms with Crippen molar-refractivity contribution in [1.82, 2.24) is 9.38 Å². The maximum absolute atomic E-state index is 4.78. The lowest BCUT2D eigenvalue weighted by Crippen LogP contribution is -1.94. The van der Waals surface area contributed by atoms with E-state index >= 15 is 0 Å². The van der Waals surface area contributed by atoms with Gasteiger partial charge in [-0.3, -0.25) is 0 Å². The fourth-order valence-electron chi connectivity index (χ4n) is 2.59. The summed E-state index contributed by atoms with van der Waals surface area (Å²) in [6.45, 7) is 6.36. The molecule has 96 valence electrons. The van der Waals surface area contributed by atoms with Crippen molar-refractivity contribution in [2.24, 2.45) is 0 Å². The largest absolute Gasteiger partial charge is 0.301 e. The third kappa shape index (κ3) is 2.08. The van der Waals surface area contributed by atoms with E-state index in [-0.39, 0.29) is 0 Å². The summed E-state index contributed by atoms with van der Waals surface area (Å²) in [7, 11) is 0. The SMILES string of the molecule is Cc1cc(C)n2c(C)c(-c3ccc(Br)cc3)nc2c1.